The summed E-state index contributed by atoms with van der Waals surface area (Å²) in [5.41, 5.74) is 0.209. The number of hydrogen-bond acceptors (Lipinski definition) is 4. The van der Waals surface area contributed by atoms with Gasteiger partial charge in [-0.25, -0.2) is 8.78 Å². The molecule has 0 unspecified atom stereocenters. The zero-order valence-corrected chi connectivity index (χ0v) is 15.6. The van der Waals surface area contributed by atoms with E-state index in [4.69, 9.17) is 12.2 Å². The van der Waals surface area contributed by atoms with Crippen molar-refractivity contribution in [3.63, 3.8) is 0 Å². The molecule has 0 aliphatic carbocycles. The van der Waals surface area contributed by atoms with Crippen LogP contribution in [0, 0.1) is 16.4 Å². The Balaban J connectivity index is 1.83. The topological polar surface area (TPSA) is 62.7 Å². The lowest BCUT2D eigenvalue weighted by atomic mass is 10.1. The van der Waals surface area contributed by atoms with Crippen LogP contribution < -0.4 is 5.32 Å². The molecule has 136 valence electrons. The van der Waals surface area contributed by atoms with E-state index in [1.165, 1.54) is 17.4 Å². The quantitative estimate of drug-likeness (QED) is 0.631. The predicted molar refractivity (Wildman–Crippen MR) is 98.4 cm³/mol. The molecular formula is C17H16F2N4OS2. The summed E-state index contributed by atoms with van der Waals surface area (Å²) in [6.45, 7) is 3.32. The summed E-state index contributed by atoms with van der Waals surface area (Å²) in [5, 5.41) is 11.5. The molecule has 26 heavy (non-hydrogen) atoms. The van der Waals surface area contributed by atoms with Gasteiger partial charge in [0.05, 0.1) is 10.9 Å². The van der Waals surface area contributed by atoms with Crippen molar-refractivity contribution in [2.75, 3.05) is 0 Å². The van der Waals surface area contributed by atoms with Crippen LogP contribution in [0.2, 0.25) is 0 Å². The Morgan fingerprint density at radius 3 is 2.77 bits per heavy atom. The highest BCUT2D eigenvalue weighted by Gasteiger charge is 2.23. The van der Waals surface area contributed by atoms with Gasteiger partial charge in [-0.1, -0.05) is 12.1 Å². The van der Waals surface area contributed by atoms with Gasteiger partial charge < -0.3 is 5.32 Å². The summed E-state index contributed by atoms with van der Waals surface area (Å²) in [5.74, 6) is -1.15. The minimum atomic E-state index is -0.704. The smallest absolute Gasteiger partial charge is 0.243 e. The summed E-state index contributed by atoms with van der Waals surface area (Å²) in [6.07, 6.45) is 0. The average Bonchev–Trinajstić information content (AvgIpc) is 3.23. The van der Waals surface area contributed by atoms with E-state index in [9.17, 15) is 13.6 Å². The van der Waals surface area contributed by atoms with Crippen molar-refractivity contribution in [2.24, 2.45) is 0 Å². The summed E-state index contributed by atoms with van der Waals surface area (Å²) in [4.78, 5) is 13.5. The summed E-state index contributed by atoms with van der Waals surface area (Å²) >= 11 is 6.73. The Hall–Kier alpha value is -2.39. The number of thiophene rings is 1. The molecule has 9 heteroatoms. The molecule has 0 aliphatic heterocycles. The van der Waals surface area contributed by atoms with E-state index >= 15 is 0 Å². The molecule has 0 saturated heterocycles. The van der Waals surface area contributed by atoms with Crippen molar-refractivity contribution in [3.8, 4) is 10.7 Å². The van der Waals surface area contributed by atoms with Crippen LogP contribution in [-0.2, 0) is 4.79 Å². The first-order valence-electron chi connectivity index (χ1n) is 7.84. The Morgan fingerprint density at radius 1 is 1.35 bits per heavy atom. The van der Waals surface area contributed by atoms with Crippen LogP contribution in [0.25, 0.3) is 10.7 Å². The highest BCUT2D eigenvalue weighted by molar-refractivity contribution is 7.71. The number of carbonyl (C=O) groups is 1. The molecule has 2 aromatic heterocycles. The van der Waals surface area contributed by atoms with Crippen LogP contribution in [0.3, 0.4) is 0 Å². The van der Waals surface area contributed by atoms with E-state index in [-0.39, 0.29) is 11.5 Å². The average molecular weight is 394 g/mol. The summed E-state index contributed by atoms with van der Waals surface area (Å²) in [7, 11) is 0. The molecule has 3 rings (SSSR count). The number of hydrogen-bond donors (Lipinski definition) is 2. The van der Waals surface area contributed by atoms with Crippen LogP contribution in [-0.4, -0.2) is 20.7 Å². The molecular weight excluding hydrogens is 378 g/mol. The van der Waals surface area contributed by atoms with Gasteiger partial charge in [-0.3, -0.25) is 14.5 Å². The SMILES string of the molecule is C[C@@H](NC(=O)[C@H](C)n1c(-c2cccs2)n[nH]c1=S)c1ccc(F)cc1F. The second kappa shape index (κ2) is 7.46. The minimum absolute atomic E-state index is 0.209. The fourth-order valence-corrected chi connectivity index (χ4v) is 3.63. The van der Waals surface area contributed by atoms with Crippen LogP contribution in [0.5, 0.6) is 0 Å². The van der Waals surface area contributed by atoms with Crippen molar-refractivity contribution in [1.82, 2.24) is 20.1 Å². The van der Waals surface area contributed by atoms with Crippen molar-refractivity contribution >= 4 is 29.5 Å². The number of amides is 1. The molecule has 0 aliphatic rings. The number of aromatic nitrogens is 3. The Morgan fingerprint density at radius 2 is 2.12 bits per heavy atom. The standard InChI is InChI=1S/C17H16F2N4OS2/c1-9(12-6-5-11(18)8-13(12)19)20-16(24)10(2)23-15(21-22-17(23)25)14-4-3-7-26-14/h3-10H,1-2H3,(H,20,24)(H,22,25)/t9-,10+/m1/s1. The molecule has 0 bridgehead atoms. The third kappa shape index (κ3) is 3.58. The second-order valence-corrected chi connectivity index (χ2v) is 7.11. The molecule has 2 N–H and O–H groups in total. The number of benzene rings is 1. The molecule has 0 fully saturated rings. The third-order valence-corrected chi connectivity index (χ3v) is 5.15. The summed E-state index contributed by atoms with van der Waals surface area (Å²) < 4.78 is 28.9. The largest absolute Gasteiger partial charge is 0.348 e. The van der Waals surface area contributed by atoms with Crippen molar-refractivity contribution in [1.29, 1.82) is 0 Å². The van der Waals surface area contributed by atoms with E-state index in [1.807, 2.05) is 17.5 Å². The maximum Gasteiger partial charge on any atom is 0.243 e. The zero-order chi connectivity index (χ0) is 18.8. The number of rotatable bonds is 5. The summed E-state index contributed by atoms with van der Waals surface area (Å²) in [6, 6.07) is 5.75. The van der Waals surface area contributed by atoms with E-state index in [2.05, 4.69) is 15.5 Å². The molecule has 1 aromatic carbocycles. The number of carbonyl (C=O) groups excluding carboxylic acids is 1. The van der Waals surface area contributed by atoms with E-state index in [0.29, 0.717) is 10.6 Å². The number of nitrogens with one attached hydrogen (secondary N) is 2. The molecule has 2 heterocycles. The predicted octanol–water partition coefficient (Wildman–Crippen LogP) is 4.39. The first-order valence-corrected chi connectivity index (χ1v) is 9.13. The minimum Gasteiger partial charge on any atom is -0.348 e. The lowest BCUT2D eigenvalue weighted by Crippen LogP contribution is -2.33. The molecule has 1 amide bonds. The Bertz CT molecular complexity index is 981. The first-order chi connectivity index (χ1) is 12.4. The molecule has 0 saturated carbocycles. The Labute approximate surface area is 157 Å². The molecule has 0 radical (unpaired) electrons. The van der Waals surface area contributed by atoms with Gasteiger partial charge in [0, 0.05) is 11.6 Å². The fourth-order valence-electron chi connectivity index (χ4n) is 2.63. The van der Waals surface area contributed by atoms with Crippen LogP contribution in [0.15, 0.2) is 35.7 Å². The van der Waals surface area contributed by atoms with Crippen LogP contribution >= 0.6 is 23.6 Å². The van der Waals surface area contributed by atoms with Crippen LogP contribution in [0.4, 0.5) is 8.78 Å². The van der Waals surface area contributed by atoms with E-state index < -0.39 is 23.7 Å². The second-order valence-electron chi connectivity index (χ2n) is 5.77. The normalized spacial score (nSPS) is 13.4. The third-order valence-electron chi connectivity index (χ3n) is 4.00. The van der Waals surface area contributed by atoms with Gasteiger partial charge >= 0.3 is 0 Å². The highest BCUT2D eigenvalue weighted by atomic mass is 32.1. The van der Waals surface area contributed by atoms with Gasteiger partial charge in [0.1, 0.15) is 17.7 Å². The lowest BCUT2D eigenvalue weighted by molar-refractivity contribution is -0.124. The molecule has 2 atom stereocenters. The van der Waals surface area contributed by atoms with E-state index in [0.717, 1.165) is 17.0 Å². The van der Waals surface area contributed by atoms with E-state index in [1.54, 1.807) is 18.4 Å². The molecule has 5 nitrogen and oxygen atoms in total. The number of aromatic amines is 1. The highest BCUT2D eigenvalue weighted by Crippen LogP contribution is 2.26. The number of nitrogens with zero attached hydrogens (tertiary/aromatic N) is 2. The first kappa shape index (κ1) is 18.4. The fraction of sp³-hybridized carbons (Fsp3) is 0.235. The van der Waals surface area contributed by atoms with Gasteiger partial charge in [0.2, 0.25) is 5.91 Å². The Kier molecular flexibility index (Phi) is 5.28. The van der Waals surface area contributed by atoms with Gasteiger partial charge in [0.15, 0.2) is 10.6 Å². The maximum absolute atomic E-state index is 13.9. The van der Waals surface area contributed by atoms with Crippen molar-refractivity contribution in [3.05, 3.63) is 57.7 Å². The molecule has 0 spiro atoms. The maximum atomic E-state index is 13.9. The number of H-pyrrole nitrogens is 1. The van der Waals surface area contributed by atoms with Gasteiger partial charge in [0.25, 0.3) is 0 Å². The lowest BCUT2D eigenvalue weighted by Gasteiger charge is -2.20. The van der Waals surface area contributed by atoms with Gasteiger partial charge in [-0.15, -0.1) is 11.3 Å². The van der Waals surface area contributed by atoms with Crippen molar-refractivity contribution < 1.29 is 13.6 Å². The van der Waals surface area contributed by atoms with Crippen molar-refractivity contribution in [2.45, 2.75) is 25.9 Å². The zero-order valence-electron chi connectivity index (χ0n) is 14.0. The van der Waals surface area contributed by atoms with Gasteiger partial charge in [-0.2, -0.15) is 5.10 Å². The monoisotopic (exact) mass is 394 g/mol. The van der Waals surface area contributed by atoms with Gasteiger partial charge in [-0.05, 0) is 43.6 Å². The molecule has 3 aromatic rings. The van der Waals surface area contributed by atoms with Crippen LogP contribution in [0.1, 0.15) is 31.5 Å². The number of halogens is 2.